The summed E-state index contributed by atoms with van der Waals surface area (Å²) in [6.07, 6.45) is 14.2. The summed E-state index contributed by atoms with van der Waals surface area (Å²) in [7, 11) is 0. The minimum Gasteiger partial charge on any atom is -0.353 e. The summed E-state index contributed by atoms with van der Waals surface area (Å²) in [4.78, 5) is 0. The molecule has 0 bridgehead atoms. The van der Waals surface area contributed by atoms with Crippen LogP contribution in [0.15, 0.2) is 24.3 Å². The number of hydrogen-bond acceptors (Lipinski definition) is 2. The molecule has 0 aromatic heterocycles. The Kier molecular flexibility index (Phi) is 12.6. The van der Waals surface area contributed by atoms with Crippen LogP contribution in [0, 0.1) is 0 Å². The van der Waals surface area contributed by atoms with Crippen LogP contribution in [-0.2, 0) is 15.9 Å². The molecular weight excluding hydrogens is 391 g/mol. The predicted molar refractivity (Wildman–Crippen MR) is 121 cm³/mol. The van der Waals surface area contributed by atoms with Gasteiger partial charge in [0.25, 0.3) is 0 Å². The number of halogens is 2. The molecule has 0 saturated carbocycles. The van der Waals surface area contributed by atoms with Crippen LogP contribution in [-0.4, -0.2) is 24.9 Å². The van der Waals surface area contributed by atoms with Crippen molar-refractivity contribution in [1.82, 2.24) is 0 Å². The van der Waals surface area contributed by atoms with E-state index in [1.807, 2.05) is 0 Å². The number of hydrogen-bond donors (Lipinski definition) is 0. The van der Waals surface area contributed by atoms with Crippen molar-refractivity contribution >= 4 is 23.2 Å². The molecule has 1 aliphatic heterocycles. The maximum atomic E-state index is 6.68. The third-order valence-corrected chi connectivity index (χ3v) is 6.63. The van der Waals surface area contributed by atoms with Gasteiger partial charge in [-0.1, -0.05) is 63.3 Å². The first-order valence-electron chi connectivity index (χ1n) is 11.3. The Morgan fingerprint density at radius 3 is 2.68 bits per heavy atom. The molecule has 3 atom stereocenters. The van der Waals surface area contributed by atoms with E-state index < -0.39 is 0 Å². The number of aryl methyl sites for hydroxylation is 1. The van der Waals surface area contributed by atoms with Gasteiger partial charge in [-0.25, -0.2) is 0 Å². The van der Waals surface area contributed by atoms with Crippen molar-refractivity contribution in [3.63, 3.8) is 0 Å². The van der Waals surface area contributed by atoms with Crippen LogP contribution < -0.4 is 0 Å². The van der Waals surface area contributed by atoms with E-state index in [9.17, 15) is 0 Å². The standard InChI is InChI=1S/C24H38Cl2O2/c1-2-3-4-5-6-7-12-20-13-10-14-21(19-20)24(26)22(25)15-11-18-28-23-16-8-9-17-27-23/h10,13-14,19,22-24H,2-9,11-12,15-18H2,1H3. The Bertz CT molecular complexity index is 517. The van der Waals surface area contributed by atoms with Crippen LogP contribution in [0.2, 0.25) is 0 Å². The zero-order chi connectivity index (χ0) is 20.0. The summed E-state index contributed by atoms with van der Waals surface area (Å²) >= 11 is 13.3. The number of ether oxygens (including phenoxy) is 2. The monoisotopic (exact) mass is 428 g/mol. The van der Waals surface area contributed by atoms with E-state index >= 15 is 0 Å². The molecule has 0 radical (unpaired) electrons. The Hall–Kier alpha value is -0.280. The van der Waals surface area contributed by atoms with Crippen molar-refractivity contribution in [3.8, 4) is 0 Å². The summed E-state index contributed by atoms with van der Waals surface area (Å²) in [6, 6.07) is 8.67. The number of rotatable bonds is 14. The van der Waals surface area contributed by atoms with E-state index in [-0.39, 0.29) is 17.0 Å². The molecule has 1 saturated heterocycles. The Morgan fingerprint density at radius 1 is 1.07 bits per heavy atom. The van der Waals surface area contributed by atoms with Gasteiger partial charge in [-0.05, 0) is 56.1 Å². The van der Waals surface area contributed by atoms with Gasteiger partial charge in [0.05, 0.1) is 10.8 Å². The first kappa shape index (κ1) is 24.0. The smallest absolute Gasteiger partial charge is 0.157 e. The number of benzene rings is 1. The van der Waals surface area contributed by atoms with Gasteiger partial charge in [-0.15, -0.1) is 23.2 Å². The number of alkyl halides is 2. The molecule has 0 N–H and O–H groups in total. The van der Waals surface area contributed by atoms with Gasteiger partial charge in [0.1, 0.15) is 0 Å². The first-order valence-corrected chi connectivity index (χ1v) is 12.2. The van der Waals surface area contributed by atoms with Crippen LogP contribution in [0.1, 0.15) is 94.1 Å². The average Bonchev–Trinajstić information content (AvgIpc) is 2.74. The highest BCUT2D eigenvalue weighted by Gasteiger charge is 2.19. The van der Waals surface area contributed by atoms with Gasteiger partial charge in [-0.2, -0.15) is 0 Å². The van der Waals surface area contributed by atoms with E-state index in [4.69, 9.17) is 32.7 Å². The van der Waals surface area contributed by atoms with Crippen LogP contribution in [0.3, 0.4) is 0 Å². The lowest BCUT2D eigenvalue weighted by Crippen LogP contribution is -2.23. The van der Waals surface area contributed by atoms with Crippen molar-refractivity contribution in [1.29, 1.82) is 0 Å². The highest BCUT2D eigenvalue weighted by atomic mass is 35.5. The lowest BCUT2D eigenvalue weighted by atomic mass is 10.00. The topological polar surface area (TPSA) is 18.5 Å². The van der Waals surface area contributed by atoms with Gasteiger partial charge in [-0.3, -0.25) is 0 Å². The molecule has 160 valence electrons. The van der Waals surface area contributed by atoms with Gasteiger partial charge in [0.2, 0.25) is 0 Å². The molecule has 1 aromatic rings. The van der Waals surface area contributed by atoms with E-state index in [0.717, 1.165) is 44.3 Å². The molecule has 0 aliphatic carbocycles. The summed E-state index contributed by atoms with van der Waals surface area (Å²) in [6.45, 7) is 3.77. The summed E-state index contributed by atoms with van der Waals surface area (Å²) in [5.41, 5.74) is 2.52. The maximum absolute atomic E-state index is 6.68. The van der Waals surface area contributed by atoms with E-state index in [1.54, 1.807) is 0 Å². The zero-order valence-corrected chi connectivity index (χ0v) is 19.0. The minimum absolute atomic E-state index is 0.0204. The molecular formula is C24H38Cl2O2. The van der Waals surface area contributed by atoms with Crippen LogP contribution >= 0.6 is 23.2 Å². The summed E-state index contributed by atoms with van der Waals surface area (Å²) < 4.78 is 11.4. The Balaban J connectivity index is 1.66. The molecule has 1 heterocycles. The Morgan fingerprint density at radius 2 is 1.89 bits per heavy atom. The number of unbranched alkanes of at least 4 members (excludes halogenated alkanes) is 5. The second-order valence-electron chi connectivity index (χ2n) is 7.99. The van der Waals surface area contributed by atoms with Crippen molar-refractivity contribution in [2.75, 3.05) is 13.2 Å². The van der Waals surface area contributed by atoms with Crippen molar-refractivity contribution in [2.45, 2.75) is 101 Å². The van der Waals surface area contributed by atoms with Crippen molar-refractivity contribution in [3.05, 3.63) is 35.4 Å². The molecule has 1 aromatic carbocycles. The lowest BCUT2D eigenvalue weighted by Gasteiger charge is -2.23. The molecule has 0 spiro atoms. The Labute approximate surface area is 182 Å². The van der Waals surface area contributed by atoms with E-state index in [0.29, 0.717) is 6.61 Å². The molecule has 4 heteroatoms. The molecule has 2 nitrogen and oxygen atoms in total. The second kappa shape index (κ2) is 14.7. The molecule has 0 amide bonds. The largest absolute Gasteiger partial charge is 0.353 e. The molecule has 1 fully saturated rings. The van der Waals surface area contributed by atoms with Gasteiger partial charge >= 0.3 is 0 Å². The third kappa shape index (κ3) is 9.48. The minimum atomic E-state index is -0.155. The quantitative estimate of drug-likeness (QED) is 0.222. The van der Waals surface area contributed by atoms with Crippen molar-refractivity contribution in [2.24, 2.45) is 0 Å². The van der Waals surface area contributed by atoms with E-state index in [1.165, 1.54) is 50.5 Å². The molecule has 2 rings (SSSR count). The molecule has 3 unspecified atom stereocenters. The fourth-order valence-electron chi connectivity index (χ4n) is 3.72. The normalized spacial score (nSPS) is 19.5. The fourth-order valence-corrected chi connectivity index (χ4v) is 4.28. The lowest BCUT2D eigenvalue weighted by molar-refractivity contribution is -0.162. The highest BCUT2D eigenvalue weighted by molar-refractivity contribution is 6.30. The first-order chi connectivity index (χ1) is 13.7. The molecule has 1 aliphatic rings. The maximum Gasteiger partial charge on any atom is 0.157 e. The fraction of sp³-hybridized carbons (Fsp3) is 0.750. The van der Waals surface area contributed by atoms with Gasteiger partial charge < -0.3 is 9.47 Å². The predicted octanol–water partition coefficient (Wildman–Crippen LogP) is 7.80. The van der Waals surface area contributed by atoms with Gasteiger partial charge in [0.15, 0.2) is 6.29 Å². The zero-order valence-electron chi connectivity index (χ0n) is 17.5. The SMILES string of the molecule is CCCCCCCCc1cccc(C(Cl)C(Cl)CCCOC2CCCCO2)c1. The third-order valence-electron chi connectivity index (χ3n) is 5.47. The summed E-state index contributed by atoms with van der Waals surface area (Å²) in [5.74, 6) is 0. The van der Waals surface area contributed by atoms with Crippen molar-refractivity contribution < 1.29 is 9.47 Å². The summed E-state index contributed by atoms with van der Waals surface area (Å²) in [5, 5.41) is -0.237. The second-order valence-corrected chi connectivity index (χ2v) is 9.02. The van der Waals surface area contributed by atoms with Gasteiger partial charge in [0, 0.05) is 13.2 Å². The van der Waals surface area contributed by atoms with Crippen LogP contribution in [0.5, 0.6) is 0 Å². The van der Waals surface area contributed by atoms with Crippen LogP contribution in [0.25, 0.3) is 0 Å². The van der Waals surface area contributed by atoms with E-state index in [2.05, 4.69) is 31.2 Å². The van der Waals surface area contributed by atoms with Crippen LogP contribution in [0.4, 0.5) is 0 Å². The average molecular weight is 429 g/mol. The highest BCUT2D eigenvalue weighted by Crippen LogP contribution is 2.31. The molecule has 28 heavy (non-hydrogen) atoms.